The Morgan fingerprint density at radius 2 is 2.00 bits per heavy atom. The Labute approximate surface area is 125 Å². The number of rotatable bonds is 2. The molecule has 1 aliphatic heterocycles. The van der Waals surface area contributed by atoms with Gasteiger partial charge in [0.05, 0.1) is 0 Å². The second kappa shape index (κ2) is 5.70. The summed E-state index contributed by atoms with van der Waals surface area (Å²) in [6.45, 7) is 5.94. The standard InChI is InChI=1S/C18H20N2O/c1-12-4-3-5-17(13(12)2)20-18(21)15-7-6-14-8-9-19-11-16(14)10-15/h3-7,10,19H,8-9,11H2,1-2H3,(H,20,21). The van der Waals surface area contributed by atoms with E-state index in [1.165, 1.54) is 16.7 Å². The first kappa shape index (κ1) is 13.8. The van der Waals surface area contributed by atoms with Crippen molar-refractivity contribution in [3.8, 4) is 0 Å². The summed E-state index contributed by atoms with van der Waals surface area (Å²) in [5.41, 5.74) is 6.48. The maximum absolute atomic E-state index is 12.4. The smallest absolute Gasteiger partial charge is 0.255 e. The molecule has 0 radical (unpaired) electrons. The maximum Gasteiger partial charge on any atom is 0.255 e. The van der Waals surface area contributed by atoms with Crippen LogP contribution in [-0.4, -0.2) is 12.5 Å². The fraction of sp³-hybridized carbons (Fsp3) is 0.278. The van der Waals surface area contributed by atoms with Gasteiger partial charge < -0.3 is 10.6 Å². The highest BCUT2D eigenvalue weighted by Gasteiger charge is 2.13. The molecule has 1 aliphatic rings. The van der Waals surface area contributed by atoms with E-state index in [4.69, 9.17) is 0 Å². The molecular formula is C18H20N2O. The normalized spacial score (nSPS) is 13.6. The number of amides is 1. The Bertz CT molecular complexity index is 692. The average Bonchev–Trinajstić information content (AvgIpc) is 2.51. The molecule has 0 saturated heterocycles. The van der Waals surface area contributed by atoms with Crippen molar-refractivity contribution in [3.63, 3.8) is 0 Å². The van der Waals surface area contributed by atoms with Crippen molar-refractivity contribution >= 4 is 11.6 Å². The lowest BCUT2D eigenvalue weighted by Gasteiger charge is -2.18. The summed E-state index contributed by atoms with van der Waals surface area (Å²) >= 11 is 0. The molecule has 0 bridgehead atoms. The van der Waals surface area contributed by atoms with Crippen molar-refractivity contribution in [1.29, 1.82) is 0 Å². The van der Waals surface area contributed by atoms with Crippen LogP contribution in [0.1, 0.15) is 32.6 Å². The van der Waals surface area contributed by atoms with Crippen LogP contribution in [0.3, 0.4) is 0 Å². The number of fused-ring (bicyclic) bond motifs is 1. The highest BCUT2D eigenvalue weighted by Crippen LogP contribution is 2.20. The Kier molecular flexibility index (Phi) is 3.76. The van der Waals surface area contributed by atoms with Gasteiger partial charge in [-0.2, -0.15) is 0 Å². The molecule has 0 fully saturated rings. The summed E-state index contributed by atoms with van der Waals surface area (Å²) in [5, 5.41) is 6.36. The van der Waals surface area contributed by atoms with Gasteiger partial charge in [-0.25, -0.2) is 0 Å². The third-order valence-electron chi connectivity index (χ3n) is 4.21. The molecule has 0 aromatic heterocycles. The van der Waals surface area contributed by atoms with Crippen molar-refractivity contribution in [2.75, 3.05) is 11.9 Å². The minimum absolute atomic E-state index is 0.0444. The molecule has 0 saturated carbocycles. The van der Waals surface area contributed by atoms with Gasteiger partial charge in [0.25, 0.3) is 5.91 Å². The van der Waals surface area contributed by atoms with Crippen LogP contribution in [0.5, 0.6) is 0 Å². The molecule has 0 spiro atoms. The van der Waals surface area contributed by atoms with E-state index in [1.54, 1.807) is 0 Å². The predicted molar refractivity (Wildman–Crippen MR) is 85.7 cm³/mol. The van der Waals surface area contributed by atoms with E-state index in [0.29, 0.717) is 0 Å². The van der Waals surface area contributed by atoms with Gasteiger partial charge in [-0.3, -0.25) is 4.79 Å². The largest absolute Gasteiger partial charge is 0.322 e. The second-order valence-electron chi connectivity index (χ2n) is 5.61. The number of carbonyl (C=O) groups is 1. The number of aryl methyl sites for hydroxylation is 1. The van der Waals surface area contributed by atoms with E-state index >= 15 is 0 Å². The third-order valence-corrected chi connectivity index (χ3v) is 4.21. The van der Waals surface area contributed by atoms with Gasteiger partial charge in [0.2, 0.25) is 0 Å². The van der Waals surface area contributed by atoms with Crippen molar-refractivity contribution in [1.82, 2.24) is 5.32 Å². The lowest BCUT2D eigenvalue weighted by Crippen LogP contribution is -2.24. The van der Waals surface area contributed by atoms with Gasteiger partial charge >= 0.3 is 0 Å². The van der Waals surface area contributed by atoms with Crippen LogP contribution in [-0.2, 0) is 13.0 Å². The highest BCUT2D eigenvalue weighted by atomic mass is 16.1. The lowest BCUT2D eigenvalue weighted by atomic mass is 9.98. The maximum atomic E-state index is 12.4. The average molecular weight is 280 g/mol. The van der Waals surface area contributed by atoms with Gasteiger partial charge in [-0.05, 0) is 67.3 Å². The fourth-order valence-electron chi connectivity index (χ4n) is 2.70. The Morgan fingerprint density at radius 1 is 1.14 bits per heavy atom. The van der Waals surface area contributed by atoms with Crippen molar-refractivity contribution in [3.05, 3.63) is 64.2 Å². The van der Waals surface area contributed by atoms with Crippen LogP contribution in [0.15, 0.2) is 36.4 Å². The minimum atomic E-state index is -0.0444. The highest BCUT2D eigenvalue weighted by molar-refractivity contribution is 6.04. The summed E-state index contributed by atoms with van der Waals surface area (Å²) in [4.78, 5) is 12.4. The van der Waals surface area contributed by atoms with Gasteiger partial charge in [0.15, 0.2) is 0 Å². The van der Waals surface area contributed by atoms with E-state index < -0.39 is 0 Å². The molecule has 0 atom stereocenters. The minimum Gasteiger partial charge on any atom is -0.322 e. The zero-order valence-corrected chi connectivity index (χ0v) is 12.5. The molecule has 1 heterocycles. The molecule has 2 aromatic carbocycles. The van der Waals surface area contributed by atoms with E-state index in [-0.39, 0.29) is 5.91 Å². The number of anilines is 1. The molecule has 1 amide bonds. The van der Waals surface area contributed by atoms with E-state index in [0.717, 1.165) is 36.3 Å². The molecular weight excluding hydrogens is 260 g/mol. The molecule has 21 heavy (non-hydrogen) atoms. The quantitative estimate of drug-likeness (QED) is 0.887. The van der Waals surface area contributed by atoms with Gasteiger partial charge in [0.1, 0.15) is 0 Å². The summed E-state index contributed by atoms with van der Waals surface area (Å²) in [7, 11) is 0. The molecule has 3 rings (SSSR count). The third kappa shape index (κ3) is 2.83. The zero-order chi connectivity index (χ0) is 14.8. The van der Waals surface area contributed by atoms with Crippen LogP contribution in [0, 0.1) is 13.8 Å². The first-order chi connectivity index (χ1) is 10.1. The summed E-state index contributed by atoms with van der Waals surface area (Å²) in [6, 6.07) is 12.0. The SMILES string of the molecule is Cc1cccc(NC(=O)c2ccc3c(c2)CNCC3)c1C. The fourth-order valence-corrected chi connectivity index (χ4v) is 2.70. The molecule has 3 nitrogen and oxygen atoms in total. The van der Waals surface area contributed by atoms with Gasteiger partial charge in [-0.15, -0.1) is 0 Å². The number of hydrogen-bond donors (Lipinski definition) is 2. The Morgan fingerprint density at radius 3 is 2.86 bits per heavy atom. The van der Waals surface area contributed by atoms with Gasteiger partial charge in [-0.1, -0.05) is 18.2 Å². The van der Waals surface area contributed by atoms with Crippen molar-refractivity contribution < 1.29 is 4.79 Å². The Balaban J connectivity index is 1.84. The van der Waals surface area contributed by atoms with Crippen molar-refractivity contribution in [2.24, 2.45) is 0 Å². The number of hydrogen-bond acceptors (Lipinski definition) is 2. The van der Waals surface area contributed by atoms with Crippen LogP contribution < -0.4 is 10.6 Å². The predicted octanol–water partition coefficient (Wildman–Crippen LogP) is 3.20. The first-order valence-electron chi connectivity index (χ1n) is 7.35. The van der Waals surface area contributed by atoms with Crippen LogP contribution in [0.4, 0.5) is 5.69 Å². The summed E-state index contributed by atoms with van der Waals surface area (Å²) in [6.07, 6.45) is 1.04. The topological polar surface area (TPSA) is 41.1 Å². The molecule has 2 aromatic rings. The molecule has 0 aliphatic carbocycles. The zero-order valence-electron chi connectivity index (χ0n) is 12.5. The summed E-state index contributed by atoms with van der Waals surface area (Å²) in [5.74, 6) is -0.0444. The van der Waals surface area contributed by atoms with E-state index in [9.17, 15) is 4.79 Å². The number of benzene rings is 2. The molecule has 0 unspecified atom stereocenters. The lowest BCUT2D eigenvalue weighted by molar-refractivity contribution is 0.102. The van der Waals surface area contributed by atoms with Crippen LogP contribution in [0.2, 0.25) is 0 Å². The monoisotopic (exact) mass is 280 g/mol. The van der Waals surface area contributed by atoms with Crippen molar-refractivity contribution in [2.45, 2.75) is 26.8 Å². The molecule has 3 heteroatoms. The summed E-state index contributed by atoms with van der Waals surface area (Å²) < 4.78 is 0. The van der Waals surface area contributed by atoms with Gasteiger partial charge in [0, 0.05) is 17.8 Å². The van der Waals surface area contributed by atoms with Crippen LogP contribution in [0.25, 0.3) is 0 Å². The number of carbonyl (C=O) groups excluding carboxylic acids is 1. The van der Waals surface area contributed by atoms with E-state index in [2.05, 4.69) is 29.7 Å². The number of nitrogens with one attached hydrogen (secondary N) is 2. The Hall–Kier alpha value is -2.13. The molecule has 2 N–H and O–H groups in total. The molecule has 108 valence electrons. The van der Waals surface area contributed by atoms with E-state index in [1.807, 2.05) is 31.2 Å². The second-order valence-corrected chi connectivity index (χ2v) is 5.61. The first-order valence-corrected chi connectivity index (χ1v) is 7.35. The van der Waals surface area contributed by atoms with Crippen LogP contribution >= 0.6 is 0 Å².